The molecule has 2 bridgehead atoms. The number of aliphatic hydroxyl groups excluding tert-OH is 1. The number of fused-ring (bicyclic) bond motifs is 5. The summed E-state index contributed by atoms with van der Waals surface area (Å²) in [6.07, 6.45) is 10.9. The van der Waals surface area contributed by atoms with Crippen LogP contribution >= 0.6 is 0 Å². The van der Waals surface area contributed by atoms with E-state index in [2.05, 4.69) is 23.5 Å². The minimum atomic E-state index is -1.21. The van der Waals surface area contributed by atoms with Gasteiger partial charge in [-0.3, -0.25) is 14.4 Å². The lowest BCUT2D eigenvalue weighted by Gasteiger charge is -2.48. The minimum absolute atomic E-state index is 0.0979. The molecule has 3 unspecified atom stereocenters. The van der Waals surface area contributed by atoms with Gasteiger partial charge in [-0.15, -0.1) is 0 Å². The van der Waals surface area contributed by atoms with E-state index < -0.39 is 47.6 Å². The molecule has 10 nitrogen and oxygen atoms in total. The van der Waals surface area contributed by atoms with Crippen molar-refractivity contribution < 1.29 is 38.5 Å². The van der Waals surface area contributed by atoms with Gasteiger partial charge in [0, 0.05) is 24.8 Å². The lowest BCUT2D eigenvalue weighted by Crippen LogP contribution is -2.69. The van der Waals surface area contributed by atoms with E-state index in [1.165, 1.54) is 0 Å². The first-order valence-corrected chi connectivity index (χ1v) is 16.3. The van der Waals surface area contributed by atoms with Gasteiger partial charge >= 0.3 is 5.97 Å². The average molecular weight is 593 g/mol. The maximum atomic E-state index is 14.1. The molecule has 1 amide bonds. The monoisotopic (exact) mass is 592 g/mol. The molecule has 8 aliphatic rings. The Morgan fingerprint density at radius 2 is 1.81 bits per heavy atom. The zero-order valence-corrected chi connectivity index (χ0v) is 24.3. The summed E-state index contributed by atoms with van der Waals surface area (Å²) in [5.41, 5.74) is 0.844. The second kappa shape index (κ2) is 9.83. The molecule has 4 saturated heterocycles. The smallest absolute Gasteiger partial charge is 0.327 e. The first kappa shape index (κ1) is 27.0. The Bertz CT molecular complexity index is 1330. The zero-order chi connectivity index (χ0) is 28.9. The average Bonchev–Trinajstić information content (AvgIpc) is 3.90. The SMILES string of the molecule is O=C1O[C@@H]2C[C@@]3(C(=O)NCCO)[C@H](ON(Cc4ccccc4C=CC4CCC5OC5C4)[C@@H]13)[C@H]1OC(C3CC3)(C3CC3)O[C@H]12. The molecule has 0 spiro atoms. The number of benzene rings is 1. The number of carbonyl (C=O) groups excluding carboxylic acids is 2. The van der Waals surface area contributed by atoms with Crippen LogP contribution < -0.4 is 5.32 Å². The standard InChI is InChI=1S/C33H40N2O8/c36-14-13-34-31(38)32-16-25-26-27(42-33(41-26,21-8-9-21)22-10-11-22)29(32)43-35(28(32)30(37)40-25)17-20-4-2-1-3-19(20)7-5-18-6-12-23-24(15-18)39-23/h1-5,7,18,21-29,36H,6,8-17H2,(H,34,38)/t18?,23?,24?,25-,26+,27+,28+,29-,32+/m1/s1. The number of nitrogens with one attached hydrogen (secondary N) is 1. The molecule has 4 aliphatic heterocycles. The number of ether oxygens (including phenoxy) is 4. The molecule has 2 N–H and O–H groups in total. The number of aliphatic hydroxyl groups is 1. The molecule has 8 fully saturated rings. The third-order valence-electron chi connectivity index (χ3n) is 11.3. The van der Waals surface area contributed by atoms with Gasteiger partial charge in [0.15, 0.2) is 11.8 Å². The minimum Gasteiger partial charge on any atom is -0.458 e. The second-order valence-electron chi connectivity index (χ2n) is 14.0. The van der Waals surface area contributed by atoms with Crippen molar-refractivity contribution in [3.05, 3.63) is 41.5 Å². The summed E-state index contributed by atoms with van der Waals surface area (Å²) in [6, 6.07) is 7.19. The predicted octanol–water partition coefficient (Wildman–Crippen LogP) is 2.48. The van der Waals surface area contributed by atoms with Crippen LogP contribution in [0.5, 0.6) is 0 Å². The van der Waals surface area contributed by atoms with Gasteiger partial charge in [-0.1, -0.05) is 36.4 Å². The van der Waals surface area contributed by atoms with Crippen LogP contribution in [0, 0.1) is 23.2 Å². The number of rotatable bonds is 9. The molecule has 1 aromatic rings. The Hall–Kier alpha value is -2.34. The second-order valence-corrected chi connectivity index (χ2v) is 14.0. The topological polar surface area (TPSA) is 119 Å². The summed E-state index contributed by atoms with van der Waals surface area (Å²) in [5, 5.41) is 14.1. The third-order valence-corrected chi connectivity index (χ3v) is 11.3. The van der Waals surface area contributed by atoms with Crippen LogP contribution in [0.3, 0.4) is 0 Å². The van der Waals surface area contributed by atoms with Gasteiger partial charge in [-0.2, -0.15) is 5.06 Å². The Morgan fingerprint density at radius 3 is 2.58 bits per heavy atom. The lowest BCUT2D eigenvalue weighted by molar-refractivity contribution is -0.235. The molecule has 9 atom stereocenters. The number of nitrogens with zero attached hydrogens (tertiary/aromatic N) is 1. The van der Waals surface area contributed by atoms with E-state index in [0.29, 0.717) is 42.9 Å². The highest BCUT2D eigenvalue weighted by Crippen LogP contribution is 2.63. The number of esters is 1. The summed E-state index contributed by atoms with van der Waals surface area (Å²) >= 11 is 0. The predicted molar refractivity (Wildman–Crippen MR) is 151 cm³/mol. The fraction of sp³-hybridized carbons (Fsp3) is 0.697. The van der Waals surface area contributed by atoms with Crippen LogP contribution in [0.2, 0.25) is 0 Å². The molecule has 4 saturated carbocycles. The summed E-state index contributed by atoms with van der Waals surface area (Å²) < 4.78 is 25.5. The molecule has 1 aromatic carbocycles. The molecule has 9 rings (SSSR count). The molecule has 0 aromatic heterocycles. The van der Waals surface area contributed by atoms with E-state index in [1.54, 1.807) is 5.06 Å². The van der Waals surface area contributed by atoms with Crippen molar-refractivity contribution in [1.29, 1.82) is 0 Å². The fourth-order valence-corrected chi connectivity index (χ4v) is 8.86. The number of allylic oxidation sites excluding steroid dienone is 1. The first-order valence-electron chi connectivity index (χ1n) is 16.3. The Kier molecular flexibility index (Phi) is 6.17. The molecular formula is C33H40N2O8. The van der Waals surface area contributed by atoms with Crippen molar-refractivity contribution in [2.24, 2.45) is 23.2 Å². The maximum absolute atomic E-state index is 14.1. The van der Waals surface area contributed by atoms with E-state index in [0.717, 1.165) is 56.1 Å². The highest BCUT2D eigenvalue weighted by Gasteiger charge is 2.78. The quantitative estimate of drug-likeness (QED) is 0.329. The first-order chi connectivity index (χ1) is 21.0. The van der Waals surface area contributed by atoms with E-state index in [4.69, 9.17) is 23.8 Å². The van der Waals surface area contributed by atoms with Crippen molar-refractivity contribution in [2.75, 3.05) is 13.2 Å². The molecule has 43 heavy (non-hydrogen) atoms. The normalized spacial score (nSPS) is 42.4. The summed E-state index contributed by atoms with van der Waals surface area (Å²) in [4.78, 5) is 34.6. The highest BCUT2D eigenvalue weighted by atomic mass is 16.8. The number of hydrogen-bond donors (Lipinski definition) is 2. The van der Waals surface area contributed by atoms with Crippen molar-refractivity contribution in [1.82, 2.24) is 10.4 Å². The van der Waals surface area contributed by atoms with Gasteiger partial charge in [-0.25, -0.2) is 0 Å². The number of hydroxylamine groups is 2. The third kappa shape index (κ3) is 4.20. The van der Waals surface area contributed by atoms with Gasteiger partial charge in [0.1, 0.15) is 29.8 Å². The molecule has 4 aliphatic carbocycles. The molecule has 0 radical (unpaired) electrons. The van der Waals surface area contributed by atoms with E-state index in [-0.39, 0.29) is 19.1 Å². The molecule has 10 heteroatoms. The van der Waals surface area contributed by atoms with Crippen molar-refractivity contribution in [2.45, 2.75) is 106 Å². The van der Waals surface area contributed by atoms with E-state index >= 15 is 0 Å². The van der Waals surface area contributed by atoms with Crippen LogP contribution in [0.1, 0.15) is 62.5 Å². The van der Waals surface area contributed by atoms with Gasteiger partial charge in [0.2, 0.25) is 5.91 Å². The Morgan fingerprint density at radius 1 is 1.02 bits per heavy atom. The zero-order valence-electron chi connectivity index (χ0n) is 24.3. The van der Waals surface area contributed by atoms with Crippen LogP contribution in [0.15, 0.2) is 30.3 Å². The fourth-order valence-electron chi connectivity index (χ4n) is 8.86. The molecule has 230 valence electrons. The van der Waals surface area contributed by atoms with Crippen molar-refractivity contribution in [3.63, 3.8) is 0 Å². The van der Waals surface area contributed by atoms with Crippen LogP contribution in [-0.2, 0) is 39.9 Å². The number of carbonyl (C=O) groups is 2. The van der Waals surface area contributed by atoms with Crippen LogP contribution in [0.25, 0.3) is 6.08 Å². The van der Waals surface area contributed by atoms with Crippen LogP contribution in [-0.4, -0.2) is 83.7 Å². The van der Waals surface area contributed by atoms with Crippen LogP contribution in [0.4, 0.5) is 0 Å². The Labute approximate surface area is 250 Å². The maximum Gasteiger partial charge on any atom is 0.327 e. The summed E-state index contributed by atoms with van der Waals surface area (Å²) in [6.45, 7) is 0.215. The van der Waals surface area contributed by atoms with Gasteiger partial charge < -0.3 is 29.4 Å². The number of epoxide rings is 1. The largest absolute Gasteiger partial charge is 0.458 e. The molecular weight excluding hydrogens is 552 g/mol. The summed E-state index contributed by atoms with van der Waals surface area (Å²) in [5.74, 6) is -0.312. The number of hydrogen-bond acceptors (Lipinski definition) is 9. The molecule has 4 heterocycles. The van der Waals surface area contributed by atoms with E-state index in [9.17, 15) is 14.7 Å². The van der Waals surface area contributed by atoms with Crippen molar-refractivity contribution >= 4 is 18.0 Å². The van der Waals surface area contributed by atoms with Gasteiger partial charge in [-0.05, 0) is 62.0 Å². The van der Waals surface area contributed by atoms with Gasteiger partial charge in [0.05, 0.1) is 25.4 Å². The Balaban J connectivity index is 1.04. The highest BCUT2D eigenvalue weighted by molar-refractivity contribution is 5.93. The van der Waals surface area contributed by atoms with Crippen molar-refractivity contribution in [3.8, 4) is 0 Å². The van der Waals surface area contributed by atoms with E-state index in [1.807, 2.05) is 18.2 Å². The lowest BCUT2D eigenvalue weighted by atomic mass is 9.62. The number of amides is 1. The van der Waals surface area contributed by atoms with Gasteiger partial charge in [0.25, 0.3) is 0 Å². The summed E-state index contributed by atoms with van der Waals surface area (Å²) in [7, 11) is 0.